The van der Waals surface area contributed by atoms with E-state index < -0.39 is 5.97 Å². The Labute approximate surface area is 164 Å². The number of para-hydroxylation sites is 1. The van der Waals surface area contributed by atoms with E-state index in [1.54, 1.807) is 10.9 Å². The molecule has 0 aliphatic rings. The Hall–Kier alpha value is -3.03. The summed E-state index contributed by atoms with van der Waals surface area (Å²) in [6, 6.07) is 19.1. The molecule has 0 bridgehead atoms. The monoisotopic (exact) mass is 396 g/mol. The van der Waals surface area contributed by atoms with Crippen LogP contribution in [0.3, 0.4) is 0 Å². The molecule has 4 rings (SSSR count). The molecule has 0 fully saturated rings. The predicted octanol–water partition coefficient (Wildman–Crippen LogP) is 4.40. The zero-order valence-corrected chi connectivity index (χ0v) is 15.5. The first kappa shape index (κ1) is 17.4. The predicted molar refractivity (Wildman–Crippen MR) is 103 cm³/mol. The van der Waals surface area contributed by atoms with Crippen LogP contribution in [-0.2, 0) is 11.3 Å². The van der Waals surface area contributed by atoms with Gasteiger partial charge in [0.05, 0.1) is 5.69 Å². The second-order valence-corrected chi connectivity index (χ2v) is 6.96. The number of ether oxygens (including phenoxy) is 1. The Bertz CT molecular complexity index is 1060. The van der Waals surface area contributed by atoms with E-state index in [1.807, 2.05) is 60.7 Å². The lowest BCUT2D eigenvalue weighted by atomic mass is 10.1. The molecule has 2 heterocycles. The fourth-order valence-corrected chi connectivity index (χ4v) is 3.14. The summed E-state index contributed by atoms with van der Waals surface area (Å²) in [6.45, 7) is -0.0427. The number of carbonyl (C=O) groups excluding carboxylic acids is 1. The van der Waals surface area contributed by atoms with Crippen LogP contribution >= 0.6 is 23.1 Å². The molecular formula is C19H13ClN4O2S. The second-order valence-electron chi connectivity index (χ2n) is 5.61. The van der Waals surface area contributed by atoms with Gasteiger partial charge in [-0.05, 0) is 12.1 Å². The van der Waals surface area contributed by atoms with Crippen molar-refractivity contribution in [2.75, 3.05) is 0 Å². The van der Waals surface area contributed by atoms with Crippen molar-refractivity contribution < 1.29 is 9.53 Å². The molecule has 0 aliphatic carbocycles. The average Bonchev–Trinajstić information content (AvgIpc) is 3.34. The minimum absolute atomic E-state index is 0.0427. The molecule has 2 aromatic heterocycles. The molecular weight excluding hydrogens is 384 g/mol. The number of nitrogens with zero attached hydrogens (tertiary/aromatic N) is 4. The van der Waals surface area contributed by atoms with Crippen LogP contribution in [0.15, 0.2) is 66.9 Å². The maximum absolute atomic E-state index is 12.7. The van der Waals surface area contributed by atoms with Gasteiger partial charge in [0.1, 0.15) is 27.9 Å². The Morgan fingerprint density at radius 1 is 1.07 bits per heavy atom. The molecule has 4 aromatic rings. The minimum atomic E-state index is -0.500. The van der Waals surface area contributed by atoms with Crippen molar-refractivity contribution in [1.29, 1.82) is 0 Å². The molecule has 2 aromatic carbocycles. The van der Waals surface area contributed by atoms with Gasteiger partial charge >= 0.3 is 5.97 Å². The average molecular weight is 397 g/mol. The molecule has 0 amide bonds. The summed E-state index contributed by atoms with van der Waals surface area (Å²) >= 11 is 7.02. The molecule has 0 atom stereocenters. The minimum Gasteiger partial charge on any atom is -0.455 e. The number of benzene rings is 2. The topological polar surface area (TPSA) is 69.9 Å². The highest BCUT2D eigenvalue weighted by Gasteiger charge is 2.20. The maximum atomic E-state index is 12.7. The molecule has 0 aliphatic heterocycles. The lowest BCUT2D eigenvalue weighted by Crippen LogP contribution is -2.06. The lowest BCUT2D eigenvalue weighted by Gasteiger charge is -2.03. The second kappa shape index (κ2) is 7.69. The van der Waals surface area contributed by atoms with Gasteiger partial charge < -0.3 is 4.74 Å². The smallest absolute Gasteiger partial charge is 0.342 e. The first-order valence-electron chi connectivity index (χ1n) is 8.07. The van der Waals surface area contributed by atoms with Crippen LogP contribution < -0.4 is 0 Å². The molecule has 0 N–H and O–H groups in total. The summed E-state index contributed by atoms with van der Waals surface area (Å²) < 4.78 is 11.2. The van der Waals surface area contributed by atoms with Gasteiger partial charge in [-0.25, -0.2) is 9.48 Å². The van der Waals surface area contributed by atoms with Crippen LogP contribution in [0.2, 0.25) is 4.34 Å². The highest BCUT2D eigenvalue weighted by Crippen LogP contribution is 2.25. The van der Waals surface area contributed by atoms with Gasteiger partial charge in [-0.1, -0.05) is 64.6 Å². The van der Waals surface area contributed by atoms with E-state index in [4.69, 9.17) is 16.3 Å². The van der Waals surface area contributed by atoms with Crippen molar-refractivity contribution in [1.82, 2.24) is 19.4 Å². The van der Waals surface area contributed by atoms with Crippen LogP contribution in [-0.4, -0.2) is 25.3 Å². The molecule has 8 heteroatoms. The first-order valence-corrected chi connectivity index (χ1v) is 9.22. The van der Waals surface area contributed by atoms with Crippen LogP contribution in [0.5, 0.6) is 0 Å². The van der Waals surface area contributed by atoms with Crippen molar-refractivity contribution in [2.45, 2.75) is 6.61 Å². The van der Waals surface area contributed by atoms with Gasteiger partial charge in [-0.3, -0.25) is 0 Å². The number of aromatic nitrogens is 4. The van der Waals surface area contributed by atoms with Crippen LogP contribution in [0, 0.1) is 0 Å². The van der Waals surface area contributed by atoms with E-state index in [0.717, 1.165) is 22.8 Å². The molecule has 0 saturated heterocycles. The normalized spacial score (nSPS) is 10.7. The van der Waals surface area contributed by atoms with E-state index in [0.29, 0.717) is 21.3 Å². The Balaban J connectivity index is 1.68. The fraction of sp³-hybridized carbons (Fsp3) is 0.0526. The number of hydrogen-bond acceptors (Lipinski definition) is 6. The van der Waals surface area contributed by atoms with Crippen LogP contribution in [0.25, 0.3) is 16.9 Å². The number of hydrogen-bond donors (Lipinski definition) is 0. The van der Waals surface area contributed by atoms with Crippen molar-refractivity contribution in [3.8, 4) is 16.9 Å². The molecule has 0 saturated carbocycles. The summed E-state index contributed by atoms with van der Waals surface area (Å²) in [5, 5.41) is 8.45. The van der Waals surface area contributed by atoms with Crippen molar-refractivity contribution in [3.05, 3.63) is 82.5 Å². The van der Waals surface area contributed by atoms with E-state index >= 15 is 0 Å². The molecule has 0 radical (unpaired) electrons. The largest absolute Gasteiger partial charge is 0.455 e. The summed E-state index contributed by atoms with van der Waals surface area (Å²) in [7, 11) is 0. The number of halogens is 1. The zero-order valence-electron chi connectivity index (χ0n) is 13.9. The zero-order chi connectivity index (χ0) is 18.6. The summed E-state index contributed by atoms with van der Waals surface area (Å²) in [4.78, 5) is 12.7. The van der Waals surface area contributed by atoms with E-state index in [9.17, 15) is 4.79 Å². The van der Waals surface area contributed by atoms with Gasteiger partial charge in [0.15, 0.2) is 0 Å². The summed E-state index contributed by atoms with van der Waals surface area (Å²) in [5.74, 6) is -0.500. The Kier molecular flexibility index (Phi) is 4.95. The molecule has 6 nitrogen and oxygen atoms in total. The third kappa shape index (κ3) is 3.74. The van der Waals surface area contributed by atoms with E-state index in [2.05, 4.69) is 14.7 Å². The van der Waals surface area contributed by atoms with Gasteiger partial charge in [0.2, 0.25) is 0 Å². The van der Waals surface area contributed by atoms with Gasteiger partial charge in [-0.2, -0.15) is 5.10 Å². The number of rotatable bonds is 5. The number of esters is 1. The quantitative estimate of drug-likeness (QED) is 0.467. The molecule has 27 heavy (non-hydrogen) atoms. The van der Waals surface area contributed by atoms with Crippen LogP contribution in [0.4, 0.5) is 0 Å². The Morgan fingerprint density at radius 2 is 1.78 bits per heavy atom. The SMILES string of the molecule is O=C(OCc1nnsc1Cl)c1cn(-c2ccccc2)nc1-c1ccccc1. The highest BCUT2D eigenvalue weighted by atomic mass is 35.5. The lowest BCUT2D eigenvalue weighted by molar-refractivity contribution is 0.0469. The van der Waals surface area contributed by atoms with Gasteiger partial charge in [-0.15, -0.1) is 5.10 Å². The highest BCUT2D eigenvalue weighted by molar-refractivity contribution is 7.10. The maximum Gasteiger partial charge on any atom is 0.342 e. The molecule has 0 spiro atoms. The fourth-order valence-electron chi connectivity index (χ4n) is 2.54. The third-order valence-electron chi connectivity index (χ3n) is 3.85. The molecule has 134 valence electrons. The summed E-state index contributed by atoms with van der Waals surface area (Å²) in [6.07, 6.45) is 1.67. The van der Waals surface area contributed by atoms with Crippen molar-refractivity contribution in [3.63, 3.8) is 0 Å². The standard InChI is InChI=1S/C19H13ClN4O2S/c20-18-16(21-23-27-18)12-26-19(25)15-11-24(14-9-5-2-6-10-14)22-17(15)13-7-3-1-4-8-13/h1-11H,12H2. The van der Waals surface area contributed by atoms with E-state index in [-0.39, 0.29) is 6.61 Å². The van der Waals surface area contributed by atoms with Gasteiger partial charge in [0.25, 0.3) is 0 Å². The molecule has 0 unspecified atom stereocenters. The third-order valence-corrected chi connectivity index (χ3v) is 4.84. The van der Waals surface area contributed by atoms with Crippen molar-refractivity contribution >= 4 is 29.1 Å². The Morgan fingerprint density at radius 3 is 2.44 bits per heavy atom. The number of carbonyl (C=O) groups is 1. The van der Waals surface area contributed by atoms with E-state index in [1.165, 1.54) is 0 Å². The van der Waals surface area contributed by atoms with Crippen molar-refractivity contribution in [2.24, 2.45) is 0 Å². The summed E-state index contributed by atoms with van der Waals surface area (Å²) in [5.41, 5.74) is 3.02. The van der Waals surface area contributed by atoms with Gasteiger partial charge in [0, 0.05) is 23.3 Å². The first-order chi connectivity index (χ1) is 13.2. The van der Waals surface area contributed by atoms with Crippen LogP contribution in [0.1, 0.15) is 16.1 Å².